The number of nitrogens with zero attached hydrogens (tertiary/aromatic N) is 3. The molecule has 19 heavy (non-hydrogen) atoms. The lowest BCUT2D eigenvalue weighted by Crippen LogP contribution is -2.45. The van der Waals surface area contributed by atoms with Crippen LogP contribution in [0.3, 0.4) is 0 Å². The third-order valence-corrected chi connectivity index (χ3v) is 4.59. The van der Waals surface area contributed by atoms with Gasteiger partial charge in [0.05, 0.1) is 0 Å². The van der Waals surface area contributed by atoms with Gasteiger partial charge in [-0.1, -0.05) is 19.8 Å². The van der Waals surface area contributed by atoms with Crippen LogP contribution in [0.1, 0.15) is 38.4 Å². The molecule has 0 amide bonds. The molecule has 1 aromatic heterocycles. The Hall–Kier alpha value is -0.870. The molecule has 2 N–H and O–H groups in total. The summed E-state index contributed by atoms with van der Waals surface area (Å²) in [6.45, 7) is 5.32. The van der Waals surface area contributed by atoms with Gasteiger partial charge in [-0.25, -0.2) is 4.98 Å². The minimum Gasteiger partial charge on any atom is -0.338 e. The number of likely N-dealkylation sites (N-methyl/N-ethyl adjacent to an activating group) is 1. The first-order chi connectivity index (χ1) is 9.26. The molecule has 0 spiro atoms. The maximum Gasteiger partial charge on any atom is 0.109 e. The highest BCUT2D eigenvalue weighted by Gasteiger charge is 2.28. The molecule has 1 saturated carbocycles. The standard InChI is InChI=1S/C15H28N4/c1-3-19(10-8-15-17-9-11-18(15)2)14-7-5-4-6-13(14)12-16/h9,11,13-14H,3-8,10,12,16H2,1-2H3. The summed E-state index contributed by atoms with van der Waals surface area (Å²) in [5.74, 6) is 1.87. The molecule has 1 heterocycles. The number of imidazole rings is 1. The Kier molecular flexibility index (Phi) is 5.40. The fourth-order valence-electron chi connectivity index (χ4n) is 3.38. The second kappa shape index (κ2) is 7.06. The van der Waals surface area contributed by atoms with Crippen molar-refractivity contribution in [3.05, 3.63) is 18.2 Å². The molecule has 1 fully saturated rings. The molecule has 4 heteroatoms. The Bertz CT molecular complexity index is 374. The second-order valence-corrected chi connectivity index (χ2v) is 5.68. The van der Waals surface area contributed by atoms with Crippen molar-refractivity contribution in [3.63, 3.8) is 0 Å². The number of nitrogens with two attached hydrogens (primary N) is 1. The van der Waals surface area contributed by atoms with Gasteiger partial charge in [-0.05, 0) is 31.8 Å². The van der Waals surface area contributed by atoms with Crippen LogP contribution in [-0.4, -0.2) is 40.1 Å². The van der Waals surface area contributed by atoms with Gasteiger partial charge in [0, 0.05) is 38.4 Å². The summed E-state index contributed by atoms with van der Waals surface area (Å²) in [6.07, 6.45) is 10.3. The number of hydrogen-bond acceptors (Lipinski definition) is 3. The van der Waals surface area contributed by atoms with Crippen molar-refractivity contribution in [2.75, 3.05) is 19.6 Å². The summed E-state index contributed by atoms with van der Waals surface area (Å²) in [7, 11) is 2.07. The topological polar surface area (TPSA) is 47.1 Å². The minimum absolute atomic E-state index is 0.684. The summed E-state index contributed by atoms with van der Waals surface area (Å²) < 4.78 is 2.12. The van der Waals surface area contributed by atoms with Crippen LogP contribution >= 0.6 is 0 Å². The highest BCUT2D eigenvalue weighted by molar-refractivity contribution is 4.93. The molecule has 1 aliphatic rings. The zero-order valence-corrected chi connectivity index (χ0v) is 12.4. The monoisotopic (exact) mass is 264 g/mol. The molecule has 1 aliphatic carbocycles. The molecule has 0 radical (unpaired) electrons. The highest BCUT2D eigenvalue weighted by Crippen LogP contribution is 2.27. The highest BCUT2D eigenvalue weighted by atomic mass is 15.2. The molecule has 2 atom stereocenters. The average Bonchev–Trinajstić information content (AvgIpc) is 2.85. The van der Waals surface area contributed by atoms with Crippen LogP contribution in [0, 0.1) is 5.92 Å². The molecule has 0 aliphatic heterocycles. The fourth-order valence-corrected chi connectivity index (χ4v) is 3.38. The van der Waals surface area contributed by atoms with Crippen LogP contribution in [0.2, 0.25) is 0 Å². The molecular weight excluding hydrogens is 236 g/mol. The van der Waals surface area contributed by atoms with Crippen LogP contribution in [0.5, 0.6) is 0 Å². The van der Waals surface area contributed by atoms with Gasteiger partial charge in [-0.3, -0.25) is 4.90 Å². The van der Waals surface area contributed by atoms with Crippen LogP contribution < -0.4 is 5.73 Å². The minimum atomic E-state index is 0.684. The zero-order valence-electron chi connectivity index (χ0n) is 12.4. The smallest absolute Gasteiger partial charge is 0.109 e. The zero-order chi connectivity index (χ0) is 13.7. The fraction of sp³-hybridized carbons (Fsp3) is 0.800. The Morgan fingerprint density at radius 3 is 2.84 bits per heavy atom. The Balaban J connectivity index is 1.93. The van der Waals surface area contributed by atoms with Crippen molar-refractivity contribution >= 4 is 0 Å². The maximum atomic E-state index is 5.96. The summed E-state index contributed by atoms with van der Waals surface area (Å²) in [5, 5.41) is 0. The van der Waals surface area contributed by atoms with E-state index >= 15 is 0 Å². The van der Waals surface area contributed by atoms with Crippen LogP contribution in [0.25, 0.3) is 0 Å². The Morgan fingerprint density at radius 2 is 2.21 bits per heavy atom. The third-order valence-electron chi connectivity index (χ3n) is 4.59. The molecule has 1 aromatic rings. The normalized spacial score (nSPS) is 24.0. The molecule has 0 bridgehead atoms. The van der Waals surface area contributed by atoms with Gasteiger partial charge < -0.3 is 10.3 Å². The lowest BCUT2D eigenvalue weighted by molar-refractivity contribution is 0.113. The van der Waals surface area contributed by atoms with E-state index in [-0.39, 0.29) is 0 Å². The molecule has 2 unspecified atom stereocenters. The van der Waals surface area contributed by atoms with Crippen LogP contribution in [0.15, 0.2) is 12.4 Å². The van der Waals surface area contributed by atoms with Gasteiger partial charge in [-0.15, -0.1) is 0 Å². The van der Waals surface area contributed by atoms with Gasteiger partial charge in [0.1, 0.15) is 5.82 Å². The van der Waals surface area contributed by atoms with Gasteiger partial charge in [0.25, 0.3) is 0 Å². The Morgan fingerprint density at radius 1 is 1.42 bits per heavy atom. The lowest BCUT2D eigenvalue weighted by atomic mass is 9.83. The van der Waals surface area contributed by atoms with E-state index in [0.717, 1.165) is 26.1 Å². The van der Waals surface area contributed by atoms with E-state index in [9.17, 15) is 0 Å². The van der Waals surface area contributed by atoms with Gasteiger partial charge in [0.2, 0.25) is 0 Å². The van der Waals surface area contributed by atoms with Crippen molar-refractivity contribution in [1.82, 2.24) is 14.5 Å². The van der Waals surface area contributed by atoms with Crippen molar-refractivity contribution < 1.29 is 0 Å². The predicted octanol–water partition coefficient (Wildman–Crippen LogP) is 1.80. The molecule has 4 nitrogen and oxygen atoms in total. The summed E-state index contributed by atoms with van der Waals surface area (Å²) in [6, 6.07) is 0.684. The molecular formula is C15H28N4. The summed E-state index contributed by atoms with van der Waals surface area (Å²) >= 11 is 0. The van der Waals surface area contributed by atoms with E-state index < -0.39 is 0 Å². The van der Waals surface area contributed by atoms with Crippen molar-refractivity contribution in [1.29, 1.82) is 0 Å². The van der Waals surface area contributed by atoms with E-state index in [1.165, 1.54) is 31.5 Å². The van der Waals surface area contributed by atoms with E-state index in [1.54, 1.807) is 0 Å². The van der Waals surface area contributed by atoms with E-state index in [1.807, 2.05) is 12.4 Å². The third kappa shape index (κ3) is 3.57. The molecule has 2 rings (SSSR count). The number of hydrogen-bond donors (Lipinski definition) is 1. The van der Waals surface area contributed by atoms with Crippen LogP contribution in [0.4, 0.5) is 0 Å². The average molecular weight is 264 g/mol. The maximum absolute atomic E-state index is 5.96. The molecule has 0 aromatic carbocycles. The first kappa shape index (κ1) is 14.5. The van der Waals surface area contributed by atoms with Crippen LogP contribution in [-0.2, 0) is 13.5 Å². The molecule has 0 saturated heterocycles. The number of rotatable bonds is 6. The number of aryl methyl sites for hydroxylation is 1. The summed E-state index contributed by atoms with van der Waals surface area (Å²) in [4.78, 5) is 7.03. The first-order valence-corrected chi connectivity index (χ1v) is 7.66. The van der Waals surface area contributed by atoms with Crippen molar-refractivity contribution in [2.45, 2.75) is 45.1 Å². The lowest BCUT2D eigenvalue weighted by Gasteiger charge is -2.39. The van der Waals surface area contributed by atoms with Crippen molar-refractivity contribution in [3.8, 4) is 0 Å². The predicted molar refractivity (Wildman–Crippen MR) is 79.0 cm³/mol. The van der Waals surface area contributed by atoms with E-state index in [4.69, 9.17) is 5.73 Å². The Labute approximate surface area is 117 Å². The van der Waals surface area contributed by atoms with Gasteiger partial charge in [-0.2, -0.15) is 0 Å². The largest absolute Gasteiger partial charge is 0.338 e. The quantitative estimate of drug-likeness (QED) is 0.852. The van der Waals surface area contributed by atoms with Gasteiger partial charge >= 0.3 is 0 Å². The van der Waals surface area contributed by atoms with E-state index in [2.05, 4.69) is 28.4 Å². The molecule has 108 valence electrons. The van der Waals surface area contributed by atoms with Gasteiger partial charge in [0.15, 0.2) is 0 Å². The van der Waals surface area contributed by atoms with E-state index in [0.29, 0.717) is 12.0 Å². The second-order valence-electron chi connectivity index (χ2n) is 5.68. The van der Waals surface area contributed by atoms with Crippen molar-refractivity contribution in [2.24, 2.45) is 18.7 Å². The SMILES string of the molecule is CCN(CCc1nccn1C)C1CCCCC1CN. The number of aromatic nitrogens is 2. The summed E-state index contributed by atoms with van der Waals surface area (Å²) in [5.41, 5.74) is 5.96. The first-order valence-electron chi connectivity index (χ1n) is 7.66.